The van der Waals surface area contributed by atoms with E-state index in [2.05, 4.69) is 15.3 Å². The Labute approximate surface area is 140 Å². The second-order valence-electron chi connectivity index (χ2n) is 4.55. The smallest absolute Gasteiger partial charge is 0.216 e. The Morgan fingerprint density at radius 3 is 2.74 bits per heavy atom. The Hall–Kier alpha value is -2.38. The van der Waals surface area contributed by atoms with Crippen molar-refractivity contribution in [2.75, 3.05) is 0 Å². The molecule has 3 aromatic rings. The molecule has 1 heterocycles. The van der Waals surface area contributed by atoms with Gasteiger partial charge in [-0.1, -0.05) is 23.7 Å². The van der Waals surface area contributed by atoms with E-state index in [1.165, 1.54) is 17.0 Å². The van der Waals surface area contributed by atoms with E-state index in [9.17, 15) is 8.78 Å². The molecule has 0 atom stereocenters. The first-order valence-electron chi connectivity index (χ1n) is 6.48. The third-order valence-electron chi connectivity index (χ3n) is 3.04. The highest BCUT2D eigenvalue weighted by molar-refractivity contribution is 7.71. The Bertz CT molecular complexity index is 949. The van der Waals surface area contributed by atoms with E-state index in [1.807, 2.05) is 0 Å². The molecule has 0 aliphatic heterocycles. The highest BCUT2D eigenvalue weighted by Crippen LogP contribution is 2.25. The summed E-state index contributed by atoms with van der Waals surface area (Å²) in [6, 6.07) is 10.3. The maximum Gasteiger partial charge on any atom is 0.216 e. The van der Waals surface area contributed by atoms with Crippen LogP contribution < -0.4 is 0 Å². The number of aromatic amines is 1. The van der Waals surface area contributed by atoms with Crippen molar-refractivity contribution in [3.63, 3.8) is 0 Å². The minimum Gasteiger partial charge on any atom is -0.250 e. The molecule has 4 nitrogen and oxygen atoms in total. The molecule has 0 saturated heterocycles. The average Bonchev–Trinajstić information content (AvgIpc) is 2.88. The van der Waals surface area contributed by atoms with Gasteiger partial charge < -0.3 is 0 Å². The lowest BCUT2D eigenvalue weighted by atomic mass is 10.2. The molecule has 0 amide bonds. The van der Waals surface area contributed by atoms with Gasteiger partial charge in [0, 0.05) is 17.2 Å². The van der Waals surface area contributed by atoms with Gasteiger partial charge in [-0.2, -0.15) is 14.9 Å². The van der Waals surface area contributed by atoms with Crippen LogP contribution in [0.15, 0.2) is 47.6 Å². The standard InChI is InChI=1S/C15H9ClF2N4S/c16-12-4-2-1-3-11(12)14-20-21-15(23)22(14)19-8-9-5-6-10(17)7-13(9)18/h1-8H,(H,21,23). The highest BCUT2D eigenvalue weighted by Gasteiger charge is 2.11. The van der Waals surface area contributed by atoms with Gasteiger partial charge in [0.15, 0.2) is 5.82 Å². The summed E-state index contributed by atoms with van der Waals surface area (Å²) in [4.78, 5) is 0. The molecular formula is C15H9ClF2N4S. The normalized spacial score (nSPS) is 11.3. The maximum atomic E-state index is 13.7. The molecule has 3 rings (SSSR count). The Morgan fingerprint density at radius 2 is 2.00 bits per heavy atom. The highest BCUT2D eigenvalue weighted by atomic mass is 35.5. The number of aromatic nitrogens is 3. The summed E-state index contributed by atoms with van der Waals surface area (Å²) >= 11 is 11.3. The molecule has 0 aliphatic rings. The summed E-state index contributed by atoms with van der Waals surface area (Å²) in [5.74, 6) is -0.987. The van der Waals surface area contributed by atoms with Crippen molar-refractivity contribution in [2.24, 2.45) is 5.10 Å². The van der Waals surface area contributed by atoms with Crippen LogP contribution in [0, 0.1) is 16.4 Å². The summed E-state index contributed by atoms with van der Waals surface area (Å²) in [6.45, 7) is 0. The molecule has 0 spiro atoms. The predicted octanol–water partition coefficient (Wildman–Crippen LogP) is 4.42. The molecule has 0 saturated carbocycles. The zero-order chi connectivity index (χ0) is 16.4. The molecule has 1 aromatic heterocycles. The lowest BCUT2D eigenvalue weighted by Crippen LogP contribution is -1.97. The average molecular weight is 351 g/mol. The van der Waals surface area contributed by atoms with Crippen LogP contribution in [-0.2, 0) is 0 Å². The van der Waals surface area contributed by atoms with Crippen LogP contribution in [0.5, 0.6) is 0 Å². The van der Waals surface area contributed by atoms with Crippen LogP contribution in [-0.4, -0.2) is 21.1 Å². The first-order valence-corrected chi connectivity index (χ1v) is 7.26. The molecule has 8 heteroatoms. The van der Waals surface area contributed by atoms with Crippen molar-refractivity contribution in [1.82, 2.24) is 14.9 Å². The van der Waals surface area contributed by atoms with Gasteiger partial charge >= 0.3 is 0 Å². The van der Waals surface area contributed by atoms with Crippen LogP contribution >= 0.6 is 23.8 Å². The molecule has 2 aromatic carbocycles. The predicted molar refractivity (Wildman–Crippen MR) is 87.2 cm³/mol. The van der Waals surface area contributed by atoms with E-state index < -0.39 is 11.6 Å². The van der Waals surface area contributed by atoms with Crippen molar-refractivity contribution in [1.29, 1.82) is 0 Å². The molecule has 0 bridgehead atoms. The molecule has 23 heavy (non-hydrogen) atoms. The van der Waals surface area contributed by atoms with Crippen molar-refractivity contribution < 1.29 is 8.78 Å². The molecule has 116 valence electrons. The van der Waals surface area contributed by atoms with Crippen molar-refractivity contribution >= 4 is 30.0 Å². The zero-order valence-corrected chi connectivity index (χ0v) is 13.1. The first-order chi connectivity index (χ1) is 11.1. The number of H-pyrrole nitrogens is 1. The quantitative estimate of drug-likeness (QED) is 0.561. The van der Waals surface area contributed by atoms with E-state index in [0.29, 0.717) is 16.4 Å². The zero-order valence-electron chi connectivity index (χ0n) is 11.5. The van der Waals surface area contributed by atoms with E-state index >= 15 is 0 Å². The fourth-order valence-corrected chi connectivity index (χ4v) is 2.34. The monoisotopic (exact) mass is 350 g/mol. The minimum atomic E-state index is -0.719. The summed E-state index contributed by atoms with van der Waals surface area (Å²) in [5.41, 5.74) is 0.748. The molecule has 0 unspecified atom stereocenters. The van der Waals surface area contributed by atoms with E-state index in [0.717, 1.165) is 12.1 Å². The minimum absolute atomic E-state index is 0.125. The van der Waals surface area contributed by atoms with E-state index in [1.54, 1.807) is 24.3 Å². The number of nitrogens with one attached hydrogen (secondary N) is 1. The van der Waals surface area contributed by atoms with Crippen molar-refractivity contribution in [3.05, 3.63) is 69.5 Å². The molecular weight excluding hydrogens is 342 g/mol. The van der Waals surface area contributed by atoms with E-state index in [-0.39, 0.29) is 10.3 Å². The lowest BCUT2D eigenvalue weighted by Gasteiger charge is -2.03. The van der Waals surface area contributed by atoms with Crippen LogP contribution in [0.25, 0.3) is 11.4 Å². The fraction of sp³-hybridized carbons (Fsp3) is 0. The summed E-state index contributed by atoms with van der Waals surface area (Å²) in [5, 5.41) is 11.3. The van der Waals surface area contributed by atoms with E-state index in [4.69, 9.17) is 23.8 Å². The molecule has 1 N–H and O–H groups in total. The number of hydrogen-bond acceptors (Lipinski definition) is 3. The fourth-order valence-electron chi connectivity index (χ4n) is 1.94. The molecule has 0 aliphatic carbocycles. The first kappa shape index (κ1) is 15.5. The van der Waals surface area contributed by atoms with Crippen molar-refractivity contribution in [2.45, 2.75) is 0 Å². The maximum absolute atomic E-state index is 13.7. The van der Waals surface area contributed by atoms with Gasteiger partial charge in [0.05, 0.1) is 11.2 Å². The Balaban J connectivity index is 2.04. The lowest BCUT2D eigenvalue weighted by molar-refractivity contribution is 0.582. The van der Waals surface area contributed by atoms with Crippen LogP contribution in [0.2, 0.25) is 5.02 Å². The van der Waals surface area contributed by atoms with Gasteiger partial charge in [0.2, 0.25) is 4.77 Å². The molecule has 0 radical (unpaired) electrons. The summed E-state index contributed by atoms with van der Waals surface area (Å²) in [7, 11) is 0. The number of nitrogens with zero attached hydrogens (tertiary/aromatic N) is 3. The van der Waals surface area contributed by atoms with Gasteiger partial charge in [-0.15, -0.1) is 0 Å². The Kier molecular flexibility index (Phi) is 4.31. The van der Waals surface area contributed by atoms with Gasteiger partial charge in [-0.3, -0.25) is 0 Å². The third-order valence-corrected chi connectivity index (χ3v) is 3.63. The topological polar surface area (TPSA) is 46.0 Å². The largest absolute Gasteiger partial charge is 0.250 e. The number of benzene rings is 2. The van der Waals surface area contributed by atoms with Crippen LogP contribution in [0.1, 0.15) is 5.56 Å². The van der Waals surface area contributed by atoms with Crippen LogP contribution in [0.4, 0.5) is 8.78 Å². The number of halogens is 3. The second kappa shape index (κ2) is 6.39. The van der Waals surface area contributed by atoms with Gasteiger partial charge in [0.1, 0.15) is 11.6 Å². The summed E-state index contributed by atoms with van der Waals surface area (Å²) < 4.78 is 28.1. The SMILES string of the molecule is Fc1ccc(C=Nn2c(-c3ccccc3Cl)n[nH]c2=S)c(F)c1. The van der Waals surface area contributed by atoms with Gasteiger partial charge in [-0.25, -0.2) is 13.9 Å². The number of rotatable bonds is 3. The van der Waals surface area contributed by atoms with Crippen molar-refractivity contribution in [3.8, 4) is 11.4 Å². The Morgan fingerprint density at radius 1 is 1.22 bits per heavy atom. The third kappa shape index (κ3) is 3.20. The van der Waals surface area contributed by atoms with Crippen LogP contribution in [0.3, 0.4) is 0 Å². The van der Waals surface area contributed by atoms with Gasteiger partial charge in [0.25, 0.3) is 0 Å². The van der Waals surface area contributed by atoms with Gasteiger partial charge in [-0.05, 0) is 36.5 Å². The molecule has 0 fully saturated rings. The second-order valence-corrected chi connectivity index (χ2v) is 5.35. The summed E-state index contributed by atoms with van der Waals surface area (Å²) in [6.07, 6.45) is 1.24. The number of hydrogen-bond donors (Lipinski definition) is 1.